The van der Waals surface area contributed by atoms with Gasteiger partial charge in [-0.2, -0.15) is 0 Å². The molecule has 2 amide bonds. The standard InChI is InChI=1S/C26H38FN3O2.H2/c1-25(2,3)10-14-29-15-11-26(12-16-29)9-8-22(20-7-6-19(27)17-21(20)26)28-23(31)18-30-13-4-5-24(30)32;/h6-7,17,22H,4-5,8-16,18H2,1-3H3,(H,28,31);1H/t22-;/m1./s1. The molecule has 0 aromatic heterocycles. The van der Waals surface area contributed by atoms with Gasteiger partial charge in [-0.1, -0.05) is 26.8 Å². The highest BCUT2D eigenvalue weighted by atomic mass is 19.1. The Morgan fingerprint density at radius 1 is 1.22 bits per heavy atom. The Morgan fingerprint density at radius 2 is 1.97 bits per heavy atom. The third kappa shape index (κ3) is 5.16. The highest BCUT2D eigenvalue weighted by Gasteiger charge is 2.42. The minimum Gasteiger partial charge on any atom is -0.348 e. The molecule has 1 aromatic rings. The van der Waals surface area contributed by atoms with Crippen molar-refractivity contribution in [3.8, 4) is 0 Å². The molecule has 1 atom stereocenters. The highest BCUT2D eigenvalue weighted by Crippen LogP contribution is 2.48. The van der Waals surface area contributed by atoms with Gasteiger partial charge in [0.25, 0.3) is 0 Å². The Labute approximate surface area is 193 Å². The number of carbonyl (C=O) groups excluding carboxylic acids is 2. The van der Waals surface area contributed by atoms with E-state index in [-0.39, 0.29) is 37.1 Å². The topological polar surface area (TPSA) is 52.7 Å². The van der Waals surface area contributed by atoms with Crippen LogP contribution < -0.4 is 5.32 Å². The molecule has 1 aromatic carbocycles. The summed E-state index contributed by atoms with van der Waals surface area (Å²) in [4.78, 5) is 28.7. The molecule has 2 saturated heterocycles. The van der Waals surface area contributed by atoms with E-state index in [2.05, 4.69) is 31.0 Å². The third-order valence-electron chi connectivity index (χ3n) is 7.71. The molecule has 2 aliphatic heterocycles. The Balaban J connectivity index is 0.00000306. The van der Waals surface area contributed by atoms with Crippen molar-refractivity contribution in [1.29, 1.82) is 0 Å². The van der Waals surface area contributed by atoms with Crippen LogP contribution in [0.1, 0.15) is 84.3 Å². The Hall–Kier alpha value is -1.95. The van der Waals surface area contributed by atoms with Crippen LogP contribution in [0, 0.1) is 11.2 Å². The normalized spacial score (nSPS) is 23.4. The van der Waals surface area contributed by atoms with Crippen LogP contribution in [-0.4, -0.2) is 54.3 Å². The lowest BCUT2D eigenvalue weighted by Gasteiger charge is -2.47. The summed E-state index contributed by atoms with van der Waals surface area (Å²) in [5.74, 6) is -0.259. The fourth-order valence-electron chi connectivity index (χ4n) is 5.65. The predicted molar refractivity (Wildman–Crippen MR) is 126 cm³/mol. The van der Waals surface area contributed by atoms with Crippen molar-refractivity contribution in [1.82, 2.24) is 15.1 Å². The van der Waals surface area contributed by atoms with Crippen molar-refractivity contribution in [2.24, 2.45) is 5.41 Å². The molecule has 1 aliphatic carbocycles. The van der Waals surface area contributed by atoms with Crippen LogP contribution in [0.15, 0.2) is 18.2 Å². The van der Waals surface area contributed by atoms with Crippen molar-refractivity contribution in [3.05, 3.63) is 35.1 Å². The van der Waals surface area contributed by atoms with E-state index in [4.69, 9.17) is 0 Å². The summed E-state index contributed by atoms with van der Waals surface area (Å²) < 4.78 is 14.3. The molecule has 0 unspecified atom stereocenters. The average molecular weight is 446 g/mol. The van der Waals surface area contributed by atoms with E-state index >= 15 is 0 Å². The second-order valence-corrected chi connectivity index (χ2v) is 11.2. The predicted octanol–water partition coefficient (Wildman–Crippen LogP) is 4.42. The number of likely N-dealkylation sites (tertiary alicyclic amines) is 2. The molecule has 0 radical (unpaired) electrons. The van der Waals surface area contributed by atoms with Gasteiger partial charge < -0.3 is 15.1 Å². The van der Waals surface area contributed by atoms with Gasteiger partial charge in [0.15, 0.2) is 0 Å². The van der Waals surface area contributed by atoms with Crippen LogP contribution >= 0.6 is 0 Å². The Bertz CT molecular complexity index is 862. The van der Waals surface area contributed by atoms with Gasteiger partial charge in [0.1, 0.15) is 5.82 Å². The number of fused-ring (bicyclic) bond motifs is 2. The van der Waals surface area contributed by atoms with E-state index in [1.807, 2.05) is 6.07 Å². The molecule has 0 saturated carbocycles. The summed E-state index contributed by atoms with van der Waals surface area (Å²) in [5, 5.41) is 3.14. The molecular formula is C26H40FN3O2. The van der Waals surface area contributed by atoms with E-state index in [1.54, 1.807) is 11.0 Å². The van der Waals surface area contributed by atoms with Crippen LogP contribution in [0.5, 0.6) is 0 Å². The second-order valence-electron chi connectivity index (χ2n) is 11.2. The van der Waals surface area contributed by atoms with E-state index in [9.17, 15) is 14.0 Å². The minimum absolute atomic E-state index is 0. The van der Waals surface area contributed by atoms with Gasteiger partial charge in [0, 0.05) is 14.4 Å². The summed E-state index contributed by atoms with van der Waals surface area (Å²) in [6, 6.07) is 4.98. The van der Waals surface area contributed by atoms with Crippen molar-refractivity contribution in [3.63, 3.8) is 0 Å². The molecule has 32 heavy (non-hydrogen) atoms. The monoisotopic (exact) mass is 445 g/mol. The van der Waals surface area contributed by atoms with Gasteiger partial charge >= 0.3 is 0 Å². The van der Waals surface area contributed by atoms with Gasteiger partial charge in [-0.3, -0.25) is 9.59 Å². The van der Waals surface area contributed by atoms with Gasteiger partial charge in [-0.05, 0) is 92.2 Å². The summed E-state index contributed by atoms with van der Waals surface area (Å²) in [7, 11) is 0. The van der Waals surface area contributed by atoms with E-state index in [0.717, 1.165) is 62.9 Å². The third-order valence-corrected chi connectivity index (χ3v) is 7.71. The van der Waals surface area contributed by atoms with E-state index < -0.39 is 0 Å². The number of piperidine rings is 1. The fraction of sp³-hybridized carbons (Fsp3) is 0.692. The summed E-state index contributed by atoms with van der Waals surface area (Å²) >= 11 is 0. The van der Waals surface area contributed by atoms with E-state index in [1.165, 1.54) is 12.5 Å². The lowest BCUT2D eigenvalue weighted by Crippen LogP contribution is -2.47. The number of nitrogens with one attached hydrogen (secondary N) is 1. The number of hydrogen-bond acceptors (Lipinski definition) is 3. The zero-order chi connectivity index (χ0) is 22.9. The zero-order valence-electron chi connectivity index (χ0n) is 19.9. The summed E-state index contributed by atoms with van der Waals surface area (Å²) in [5.41, 5.74) is 2.48. The first kappa shape index (κ1) is 23.2. The second kappa shape index (κ2) is 9.12. The molecular weight excluding hydrogens is 405 g/mol. The van der Waals surface area contributed by atoms with Crippen LogP contribution in [0.3, 0.4) is 0 Å². The van der Waals surface area contributed by atoms with Gasteiger partial charge in [0.2, 0.25) is 11.8 Å². The summed E-state index contributed by atoms with van der Waals surface area (Å²) in [6.45, 7) is 10.8. The van der Waals surface area contributed by atoms with Crippen molar-refractivity contribution < 1.29 is 15.4 Å². The van der Waals surface area contributed by atoms with Crippen LogP contribution in [0.2, 0.25) is 0 Å². The average Bonchev–Trinajstić information content (AvgIpc) is 3.13. The maximum absolute atomic E-state index is 14.3. The fourth-order valence-corrected chi connectivity index (χ4v) is 5.65. The number of hydrogen-bond donors (Lipinski definition) is 1. The van der Waals surface area contributed by atoms with Crippen molar-refractivity contribution in [2.45, 2.75) is 77.2 Å². The van der Waals surface area contributed by atoms with Gasteiger partial charge in [-0.25, -0.2) is 4.39 Å². The maximum Gasteiger partial charge on any atom is 0.240 e. The number of nitrogens with zero attached hydrogens (tertiary/aromatic N) is 2. The lowest BCUT2D eigenvalue weighted by molar-refractivity contribution is -0.133. The first-order chi connectivity index (χ1) is 15.2. The van der Waals surface area contributed by atoms with Crippen LogP contribution in [0.25, 0.3) is 0 Å². The van der Waals surface area contributed by atoms with Crippen LogP contribution in [0.4, 0.5) is 4.39 Å². The van der Waals surface area contributed by atoms with E-state index in [0.29, 0.717) is 18.4 Å². The summed E-state index contributed by atoms with van der Waals surface area (Å²) in [6.07, 6.45) is 6.44. The molecule has 1 spiro atoms. The number of rotatable bonds is 5. The molecule has 4 rings (SSSR count). The van der Waals surface area contributed by atoms with Gasteiger partial charge in [-0.15, -0.1) is 0 Å². The number of amides is 2. The lowest BCUT2D eigenvalue weighted by atomic mass is 9.63. The quantitative estimate of drug-likeness (QED) is 0.730. The molecule has 3 aliphatic rings. The molecule has 1 N–H and O–H groups in total. The molecule has 0 bridgehead atoms. The van der Waals surface area contributed by atoms with Crippen molar-refractivity contribution >= 4 is 11.8 Å². The molecule has 2 heterocycles. The number of halogens is 1. The first-order valence-corrected chi connectivity index (χ1v) is 12.2. The molecule has 6 heteroatoms. The SMILES string of the molecule is CC(C)(C)CCN1CCC2(CC[C@@H](NC(=O)CN3CCCC3=O)c3ccc(F)cc32)CC1.[HH]. The largest absolute Gasteiger partial charge is 0.348 e. The van der Waals surface area contributed by atoms with Crippen molar-refractivity contribution in [2.75, 3.05) is 32.7 Å². The Kier molecular flexibility index (Phi) is 6.62. The minimum atomic E-state index is -0.201. The number of benzene rings is 1. The first-order valence-electron chi connectivity index (χ1n) is 12.2. The molecule has 178 valence electrons. The molecule has 2 fully saturated rings. The van der Waals surface area contributed by atoms with Crippen LogP contribution in [-0.2, 0) is 15.0 Å². The Morgan fingerprint density at radius 3 is 2.62 bits per heavy atom. The smallest absolute Gasteiger partial charge is 0.240 e. The number of carbonyl (C=O) groups is 2. The highest BCUT2D eigenvalue weighted by molar-refractivity contribution is 5.86. The van der Waals surface area contributed by atoms with Gasteiger partial charge in [0.05, 0.1) is 12.6 Å². The zero-order valence-corrected chi connectivity index (χ0v) is 19.9. The maximum atomic E-state index is 14.3. The molecule has 5 nitrogen and oxygen atoms in total.